The number of hydrogen-bond donors (Lipinski definition) is 0. The van der Waals surface area contributed by atoms with Gasteiger partial charge in [-0.25, -0.2) is 30.4 Å². The van der Waals surface area contributed by atoms with Crippen LogP contribution in [0.5, 0.6) is 0 Å². The number of fused-ring (bicyclic) bond motifs is 2. The van der Waals surface area contributed by atoms with E-state index in [0.29, 0.717) is 0 Å². The average Bonchev–Trinajstić information content (AvgIpc) is 4.22. The van der Waals surface area contributed by atoms with Crippen LogP contribution in [-0.4, -0.2) is 64.6 Å². The molecule has 0 atom stereocenters. The molecule has 12 aromatic rings. The summed E-state index contributed by atoms with van der Waals surface area (Å²) in [4.78, 5) is 9.64. The van der Waals surface area contributed by atoms with Crippen LogP contribution in [0.25, 0.3) is 56.2 Å². The number of nitrogens with zero attached hydrogens (tertiary/aromatic N) is 12. The topological polar surface area (TPSA) is 107 Å². The lowest BCUT2D eigenvalue weighted by Gasteiger charge is -2.41. The van der Waals surface area contributed by atoms with E-state index >= 15 is 0 Å². The van der Waals surface area contributed by atoms with Gasteiger partial charge in [-0.15, -0.1) is 0 Å². The van der Waals surface area contributed by atoms with E-state index in [2.05, 4.69) is 139 Å². The molecule has 6 heterocycles. The molecule has 0 radical (unpaired) electrons. The highest BCUT2D eigenvalue weighted by atomic mass is 15.6. The fourth-order valence-electron chi connectivity index (χ4n) is 7.96. The Morgan fingerprint density at radius 2 is 0.603 bits per heavy atom. The molecule has 0 saturated heterocycles. The van der Waals surface area contributed by atoms with Gasteiger partial charge in [0.15, 0.2) is 0 Å². The standard InChI is InChI=1S/2C19H14N2.C12H12BN8/c2*1-3-9-15(10-4-1)19-20-17-13-7-8-14-18(17)21(19)16-11-5-2-6-12-16;1-5-14-18(9-1)13(19-10-2-6-15-19,20-11-3-7-16-20)21-12-4-8-17-21/h2*1-14H;1-12H/q;;-1. The first-order chi connectivity index (χ1) is 31.3. The lowest BCUT2D eigenvalue weighted by atomic mass is 9.75. The summed E-state index contributed by atoms with van der Waals surface area (Å²) in [6.07, 6.45) is 14.4. The van der Waals surface area contributed by atoms with Crippen molar-refractivity contribution in [3.8, 4) is 34.2 Å². The summed E-state index contributed by atoms with van der Waals surface area (Å²) in [7, 11) is 0. The van der Waals surface area contributed by atoms with Crippen molar-refractivity contribution in [1.82, 2.24) is 57.9 Å². The third-order valence-electron chi connectivity index (χ3n) is 10.7. The molecule has 13 heteroatoms. The van der Waals surface area contributed by atoms with Crippen molar-refractivity contribution in [1.29, 1.82) is 0 Å². The molecule has 0 bridgehead atoms. The summed E-state index contributed by atoms with van der Waals surface area (Å²) in [6.45, 7) is -1.83. The van der Waals surface area contributed by atoms with Gasteiger partial charge in [-0.2, -0.15) is 0 Å². The zero-order valence-corrected chi connectivity index (χ0v) is 34.0. The van der Waals surface area contributed by atoms with Crippen LogP contribution in [0.4, 0.5) is 0 Å². The van der Waals surface area contributed by atoms with E-state index in [1.807, 2.05) is 128 Å². The lowest BCUT2D eigenvalue weighted by molar-refractivity contribution is 0.655. The van der Waals surface area contributed by atoms with Crippen molar-refractivity contribution in [3.05, 3.63) is 244 Å². The highest BCUT2D eigenvalue weighted by Gasteiger charge is 2.38. The van der Waals surface area contributed by atoms with Gasteiger partial charge in [0.1, 0.15) is 11.6 Å². The van der Waals surface area contributed by atoms with Crippen LogP contribution < -0.4 is 0 Å². The van der Waals surface area contributed by atoms with Crippen molar-refractivity contribution < 1.29 is 0 Å². The molecular formula is C50H40BN12-. The molecule has 12 nitrogen and oxygen atoms in total. The molecule has 6 aromatic heterocycles. The summed E-state index contributed by atoms with van der Waals surface area (Å²) < 4.78 is 11.7. The Kier molecular flexibility index (Phi) is 10.6. The first-order valence-electron chi connectivity index (χ1n) is 20.6. The van der Waals surface area contributed by atoms with Crippen LogP contribution in [0.1, 0.15) is 0 Å². The highest BCUT2D eigenvalue weighted by molar-refractivity contribution is 6.72. The van der Waals surface area contributed by atoms with E-state index in [-0.39, 0.29) is 0 Å². The molecule has 6 aromatic carbocycles. The highest BCUT2D eigenvalue weighted by Crippen LogP contribution is 2.30. The number of rotatable bonds is 8. The number of hydrogen-bond acceptors (Lipinski definition) is 6. The van der Waals surface area contributed by atoms with Crippen molar-refractivity contribution in [3.63, 3.8) is 0 Å². The van der Waals surface area contributed by atoms with Gasteiger partial charge in [-0.05, 0) is 97.6 Å². The van der Waals surface area contributed by atoms with Crippen LogP contribution >= 0.6 is 0 Å². The minimum atomic E-state index is -1.83. The van der Waals surface area contributed by atoms with Gasteiger partial charge in [-0.1, -0.05) is 121 Å². The molecule has 0 spiro atoms. The minimum Gasteiger partial charge on any atom is -0.379 e. The molecule has 0 unspecified atom stereocenters. The maximum absolute atomic E-state index is 4.82. The monoisotopic (exact) mass is 819 g/mol. The molecule has 0 N–H and O–H groups in total. The van der Waals surface area contributed by atoms with Crippen molar-refractivity contribution in [2.75, 3.05) is 0 Å². The second kappa shape index (κ2) is 17.4. The molecule has 0 fully saturated rings. The van der Waals surface area contributed by atoms with E-state index in [1.165, 1.54) is 0 Å². The Morgan fingerprint density at radius 1 is 0.302 bits per heavy atom. The molecule has 0 amide bonds. The number of benzene rings is 6. The normalized spacial score (nSPS) is 11.2. The Labute approximate surface area is 363 Å². The number of aromatic nitrogens is 12. The Bertz CT molecular complexity index is 2960. The molecule has 0 aliphatic carbocycles. The van der Waals surface area contributed by atoms with Crippen molar-refractivity contribution in [2.45, 2.75) is 0 Å². The molecule has 63 heavy (non-hydrogen) atoms. The average molecular weight is 820 g/mol. The van der Waals surface area contributed by atoms with E-state index in [4.69, 9.17) is 9.97 Å². The van der Waals surface area contributed by atoms with Gasteiger partial charge in [0.2, 0.25) is 0 Å². The van der Waals surface area contributed by atoms with Gasteiger partial charge in [0.05, 0.1) is 22.1 Å². The van der Waals surface area contributed by atoms with Gasteiger partial charge in [-0.3, -0.25) is 9.13 Å². The van der Waals surface area contributed by atoms with Crippen molar-refractivity contribution >= 4 is 28.8 Å². The first kappa shape index (κ1) is 38.4. The Hall–Kier alpha value is -8.84. The van der Waals surface area contributed by atoms with Crippen LogP contribution in [0, 0.1) is 0 Å². The van der Waals surface area contributed by atoms with Crippen LogP contribution in [-0.2, 0) is 0 Å². The summed E-state index contributed by atoms with van der Waals surface area (Å²) in [5.74, 6) is 1.95. The van der Waals surface area contributed by atoms with Gasteiger partial charge < -0.3 is 18.4 Å². The molecular weight excluding hydrogens is 779 g/mol. The largest absolute Gasteiger partial charge is 0.466 e. The van der Waals surface area contributed by atoms with E-state index < -0.39 is 6.69 Å². The fraction of sp³-hybridized carbons (Fsp3) is 0. The number of imidazole rings is 2. The summed E-state index contributed by atoms with van der Waals surface area (Å²) in [5, 5.41) is 17.7. The predicted octanol–water partition coefficient (Wildman–Crippen LogP) is 9.79. The molecule has 304 valence electrons. The zero-order chi connectivity index (χ0) is 42.3. The van der Waals surface area contributed by atoms with Crippen LogP contribution in [0.3, 0.4) is 0 Å². The number of para-hydroxylation sites is 6. The second-order valence-electron chi connectivity index (χ2n) is 14.6. The zero-order valence-electron chi connectivity index (χ0n) is 34.0. The second-order valence-corrected chi connectivity index (χ2v) is 14.6. The summed E-state index contributed by atoms with van der Waals surface area (Å²) in [5.41, 5.74) is 8.79. The maximum atomic E-state index is 4.82. The van der Waals surface area contributed by atoms with Gasteiger partial charge >= 0.3 is 6.69 Å². The summed E-state index contributed by atoms with van der Waals surface area (Å²) in [6, 6.07) is 65.3. The van der Waals surface area contributed by atoms with E-state index in [9.17, 15) is 0 Å². The quantitative estimate of drug-likeness (QED) is 0.141. The minimum absolute atomic E-state index is 0.975. The molecule has 0 aliphatic rings. The SMILES string of the molecule is c1ccc(-c2nc3ccccc3n2-c2ccccc2)cc1.c1ccc(-c2nc3ccccc3n2-c2ccccc2)cc1.c1cnn([B-](n2cccn2)(n2cccn2)n2cccn2)c1. The molecule has 0 saturated carbocycles. The predicted molar refractivity (Wildman–Crippen MR) is 249 cm³/mol. The van der Waals surface area contributed by atoms with Crippen LogP contribution in [0.15, 0.2) is 244 Å². The Morgan fingerprint density at radius 3 is 0.921 bits per heavy atom. The van der Waals surface area contributed by atoms with Crippen molar-refractivity contribution in [2.24, 2.45) is 0 Å². The smallest absolute Gasteiger partial charge is 0.379 e. The lowest BCUT2D eigenvalue weighted by Crippen LogP contribution is -2.65. The summed E-state index contributed by atoms with van der Waals surface area (Å²) >= 11 is 0. The van der Waals surface area contributed by atoms with E-state index in [1.54, 1.807) is 24.8 Å². The van der Waals surface area contributed by atoms with Crippen LogP contribution in [0.2, 0.25) is 0 Å². The molecule has 12 rings (SSSR count). The Balaban J connectivity index is 0.000000112. The molecule has 0 aliphatic heterocycles. The fourth-order valence-corrected chi connectivity index (χ4v) is 7.96. The maximum Gasteiger partial charge on any atom is 0.466 e. The first-order valence-corrected chi connectivity index (χ1v) is 20.6. The van der Waals surface area contributed by atoms with E-state index in [0.717, 1.165) is 56.2 Å². The third kappa shape index (κ3) is 7.40. The third-order valence-corrected chi connectivity index (χ3v) is 10.7. The van der Waals surface area contributed by atoms with Gasteiger partial charge in [0.25, 0.3) is 0 Å². The van der Waals surface area contributed by atoms with Gasteiger partial charge in [0, 0.05) is 47.3 Å².